The Labute approximate surface area is 231 Å². The van der Waals surface area contributed by atoms with E-state index in [-0.39, 0.29) is 0 Å². The average Bonchev–Trinajstić information content (AvgIpc) is 2.96. The summed E-state index contributed by atoms with van der Waals surface area (Å²) in [5.74, 6) is 2.03. The molecular formula is C36H46O2. The molecule has 38 heavy (non-hydrogen) atoms. The molecule has 3 aromatic carbocycles. The van der Waals surface area contributed by atoms with Crippen LogP contribution in [0.15, 0.2) is 48.5 Å². The summed E-state index contributed by atoms with van der Waals surface area (Å²) in [6.45, 7) is 8.93. The van der Waals surface area contributed by atoms with Crippen LogP contribution < -0.4 is 9.47 Å². The van der Waals surface area contributed by atoms with E-state index in [1.807, 2.05) is 0 Å². The van der Waals surface area contributed by atoms with Crippen LogP contribution in [0.25, 0.3) is 24.3 Å². The van der Waals surface area contributed by atoms with Crippen molar-refractivity contribution in [3.8, 4) is 11.5 Å². The van der Waals surface area contributed by atoms with Gasteiger partial charge in [0.15, 0.2) is 0 Å². The van der Waals surface area contributed by atoms with Gasteiger partial charge in [0, 0.05) is 0 Å². The highest BCUT2D eigenvalue weighted by atomic mass is 16.5. The van der Waals surface area contributed by atoms with Crippen molar-refractivity contribution in [1.29, 1.82) is 0 Å². The SMILES string of the molecule is CCCCc1c(CC)cc(/C=C/c2ccc(/C=C/c3cc(CC)c(CCCC)c(OC)c3)cc2)cc1OC. The van der Waals surface area contributed by atoms with Gasteiger partial charge in [-0.3, -0.25) is 0 Å². The van der Waals surface area contributed by atoms with Gasteiger partial charge in [0.25, 0.3) is 0 Å². The van der Waals surface area contributed by atoms with Gasteiger partial charge in [-0.25, -0.2) is 0 Å². The van der Waals surface area contributed by atoms with Crippen LogP contribution in [0.2, 0.25) is 0 Å². The molecule has 0 heterocycles. The molecule has 3 aromatic rings. The lowest BCUT2D eigenvalue weighted by molar-refractivity contribution is 0.408. The highest BCUT2D eigenvalue weighted by molar-refractivity contribution is 5.74. The van der Waals surface area contributed by atoms with Crippen molar-refractivity contribution >= 4 is 24.3 Å². The third kappa shape index (κ3) is 7.87. The lowest BCUT2D eigenvalue weighted by Gasteiger charge is -2.14. The van der Waals surface area contributed by atoms with E-state index >= 15 is 0 Å². The van der Waals surface area contributed by atoms with Crippen LogP contribution in [0.5, 0.6) is 11.5 Å². The van der Waals surface area contributed by atoms with Gasteiger partial charge in [0.1, 0.15) is 11.5 Å². The summed E-state index contributed by atoms with van der Waals surface area (Å²) in [4.78, 5) is 0. The predicted octanol–water partition coefficient (Wildman–Crippen LogP) is 9.85. The van der Waals surface area contributed by atoms with Crippen molar-refractivity contribution < 1.29 is 9.47 Å². The highest BCUT2D eigenvalue weighted by Crippen LogP contribution is 2.29. The maximum absolute atomic E-state index is 5.76. The molecule has 0 saturated heterocycles. The molecule has 2 nitrogen and oxygen atoms in total. The molecule has 0 N–H and O–H groups in total. The van der Waals surface area contributed by atoms with Gasteiger partial charge in [-0.1, -0.05) is 101 Å². The second kappa shape index (κ2) is 15.2. The average molecular weight is 511 g/mol. The molecule has 3 rings (SSSR count). The smallest absolute Gasteiger partial charge is 0.122 e. The Morgan fingerprint density at radius 1 is 0.526 bits per heavy atom. The lowest BCUT2D eigenvalue weighted by Crippen LogP contribution is -1.99. The van der Waals surface area contributed by atoms with Crippen LogP contribution in [0.4, 0.5) is 0 Å². The number of unbranched alkanes of at least 4 members (excludes halogenated alkanes) is 2. The first-order valence-electron chi connectivity index (χ1n) is 14.4. The number of methoxy groups -OCH3 is 2. The molecule has 0 aliphatic heterocycles. The Kier molecular flexibility index (Phi) is 11.7. The second-order valence-corrected chi connectivity index (χ2v) is 9.97. The van der Waals surface area contributed by atoms with Crippen molar-refractivity contribution in [2.75, 3.05) is 14.2 Å². The standard InChI is InChI=1S/C36H46O2/c1-7-11-13-33-31(9-3)23-29(25-35(33)37-5)21-19-27-15-17-28(18-16-27)20-22-30-24-32(10-4)34(14-12-8-2)36(26-30)38-6/h15-26H,7-14H2,1-6H3/b21-19+,22-20+. The Morgan fingerprint density at radius 2 is 0.895 bits per heavy atom. The minimum Gasteiger partial charge on any atom is -0.496 e. The molecule has 0 saturated carbocycles. The molecule has 0 aliphatic rings. The fourth-order valence-electron chi connectivity index (χ4n) is 5.02. The van der Waals surface area contributed by atoms with Crippen LogP contribution in [0.3, 0.4) is 0 Å². The van der Waals surface area contributed by atoms with E-state index in [1.54, 1.807) is 14.2 Å². The first-order valence-corrected chi connectivity index (χ1v) is 14.4. The van der Waals surface area contributed by atoms with Gasteiger partial charge in [-0.15, -0.1) is 0 Å². The predicted molar refractivity (Wildman–Crippen MR) is 166 cm³/mol. The molecule has 0 unspecified atom stereocenters. The molecule has 0 aromatic heterocycles. The minimum absolute atomic E-state index is 1.01. The Bertz CT molecular complexity index is 1070. The van der Waals surface area contributed by atoms with E-state index in [2.05, 4.69) is 101 Å². The van der Waals surface area contributed by atoms with Gasteiger partial charge < -0.3 is 9.47 Å². The third-order valence-corrected chi connectivity index (χ3v) is 7.28. The first-order chi connectivity index (χ1) is 18.6. The van der Waals surface area contributed by atoms with Gasteiger partial charge in [0.05, 0.1) is 14.2 Å². The quantitative estimate of drug-likeness (QED) is 0.201. The van der Waals surface area contributed by atoms with Crippen LogP contribution in [0.1, 0.15) is 97.9 Å². The second-order valence-electron chi connectivity index (χ2n) is 9.97. The van der Waals surface area contributed by atoms with Gasteiger partial charge in [0.2, 0.25) is 0 Å². The number of ether oxygens (including phenoxy) is 2. The molecule has 0 radical (unpaired) electrons. The van der Waals surface area contributed by atoms with Crippen LogP contribution in [0, 0.1) is 0 Å². The van der Waals surface area contributed by atoms with Gasteiger partial charge in [-0.05, 0) is 95.2 Å². The van der Waals surface area contributed by atoms with Crippen LogP contribution in [-0.4, -0.2) is 14.2 Å². The number of hydrogen-bond donors (Lipinski definition) is 0. The van der Waals surface area contributed by atoms with Gasteiger partial charge >= 0.3 is 0 Å². The van der Waals surface area contributed by atoms with Crippen molar-refractivity contribution in [2.24, 2.45) is 0 Å². The molecule has 2 heteroatoms. The molecule has 0 spiro atoms. The van der Waals surface area contributed by atoms with Crippen molar-refractivity contribution in [1.82, 2.24) is 0 Å². The molecule has 0 aliphatic carbocycles. The van der Waals surface area contributed by atoms with Gasteiger partial charge in [-0.2, -0.15) is 0 Å². The van der Waals surface area contributed by atoms with E-state index in [1.165, 1.54) is 70.2 Å². The van der Waals surface area contributed by atoms with E-state index in [4.69, 9.17) is 9.47 Å². The molecule has 0 amide bonds. The van der Waals surface area contributed by atoms with E-state index in [0.29, 0.717) is 0 Å². The van der Waals surface area contributed by atoms with E-state index in [0.717, 1.165) is 37.2 Å². The van der Waals surface area contributed by atoms with E-state index in [9.17, 15) is 0 Å². The lowest BCUT2D eigenvalue weighted by atomic mass is 9.96. The van der Waals surface area contributed by atoms with Crippen molar-refractivity contribution in [3.05, 3.63) is 93.0 Å². The monoisotopic (exact) mass is 510 g/mol. The number of rotatable bonds is 14. The molecule has 202 valence electrons. The number of benzene rings is 3. The summed E-state index contributed by atoms with van der Waals surface area (Å²) >= 11 is 0. The molecular weight excluding hydrogens is 464 g/mol. The zero-order valence-corrected chi connectivity index (χ0v) is 24.4. The zero-order valence-electron chi connectivity index (χ0n) is 24.4. The first kappa shape index (κ1) is 29.3. The normalized spacial score (nSPS) is 11.5. The summed E-state index contributed by atoms with van der Waals surface area (Å²) < 4.78 is 11.5. The number of aryl methyl sites for hydroxylation is 2. The molecule has 0 bridgehead atoms. The largest absolute Gasteiger partial charge is 0.496 e. The fourth-order valence-corrected chi connectivity index (χ4v) is 5.02. The Morgan fingerprint density at radius 3 is 1.21 bits per heavy atom. The van der Waals surface area contributed by atoms with Crippen molar-refractivity contribution in [2.45, 2.75) is 79.1 Å². The highest BCUT2D eigenvalue weighted by Gasteiger charge is 2.11. The summed E-state index contributed by atoms with van der Waals surface area (Å²) in [6, 6.07) is 17.7. The molecule has 0 fully saturated rings. The summed E-state index contributed by atoms with van der Waals surface area (Å²) in [5.41, 5.74) is 10.2. The molecule has 0 atom stereocenters. The fraction of sp³-hybridized carbons (Fsp3) is 0.389. The topological polar surface area (TPSA) is 18.5 Å². The maximum Gasteiger partial charge on any atom is 0.122 e. The summed E-state index contributed by atoms with van der Waals surface area (Å²) in [6.07, 6.45) is 17.7. The summed E-state index contributed by atoms with van der Waals surface area (Å²) in [7, 11) is 3.56. The Hall–Kier alpha value is -3.26. The zero-order chi connectivity index (χ0) is 27.3. The number of hydrogen-bond acceptors (Lipinski definition) is 2. The third-order valence-electron chi connectivity index (χ3n) is 7.28. The summed E-state index contributed by atoms with van der Waals surface area (Å²) in [5, 5.41) is 0. The van der Waals surface area contributed by atoms with Crippen LogP contribution >= 0.6 is 0 Å². The van der Waals surface area contributed by atoms with Crippen LogP contribution in [-0.2, 0) is 25.7 Å². The Balaban J connectivity index is 1.75. The maximum atomic E-state index is 5.76. The van der Waals surface area contributed by atoms with E-state index < -0.39 is 0 Å². The van der Waals surface area contributed by atoms with Crippen molar-refractivity contribution in [3.63, 3.8) is 0 Å². The minimum atomic E-state index is 1.01.